The fraction of sp³-hybridized carbons (Fsp3) is 1.00. The van der Waals surface area contributed by atoms with E-state index in [1.807, 2.05) is 0 Å². The minimum absolute atomic E-state index is 0.843. The van der Waals surface area contributed by atoms with E-state index >= 15 is 0 Å². The predicted octanol–water partition coefficient (Wildman–Crippen LogP) is 4.91. The fourth-order valence-corrected chi connectivity index (χ4v) is 4.22. The Morgan fingerprint density at radius 2 is 1.39 bits per heavy atom. The van der Waals surface area contributed by atoms with Crippen molar-refractivity contribution in [3.63, 3.8) is 0 Å². The van der Waals surface area contributed by atoms with E-state index in [4.69, 9.17) is 0 Å². The van der Waals surface area contributed by atoms with Crippen molar-refractivity contribution in [1.82, 2.24) is 5.32 Å². The summed E-state index contributed by atoms with van der Waals surface area (Å²) in [6, 6.07) is 0.843. The molecule has 2 saturated carbocycles. The van der Waals surface area contributed by atoms with Gasteiger partial charge in [-0.15, -0.1) is 0 Å². The Balaban J connectivity index is 1.94. The van der Waals surface area contributed by atoms with Gasteiger partial charge in [0.1, 0.15) is 0 Å². The molecule has 0 radical (unpaired) electrons. The summed E-state index contributed by atoms with van der Waals surface area (Å²) in [5.41, 5.74) is 0. The second-order valence-electron chi connectivity index (χ2n) is 6.61. The topological polar surface area (TPSA) is 12.0 Å². The number of nitrogens with one attached hydrogen (secondary N) is 1. The quantitative estimate of drug-likeness (QED) is 0.700. The minimum Gasteiger partial charge on any atom is -0.314 e. The Kier molecular flexibility index (Phi) is 6.54. The lowest BCUT2D eigenvalue weighted by Crippen LogP contribution is -2.39. The highest BCUT2D eigenvalue weighted by atomic mass is 14.9. The zero-order valence-corrected chi connectivity index (χ0v) is 12.4. The van der Waals surface area contributed by atoms with E-state index in [1.165, 1.54) is 83.6 Å². The maximum atomic E-state index is 3.88. The molecular weight excluding hydrogens is 218 g/mol. The lowest BCUT2D eigenvalue weighted by molar-refractivity contribution is 0.213. The molecule has 2 aliphatic rings. The van der Waals surface area contributed by atoms with E-state index in [1.54, 1.807) is 0 Å². The van der Waals surface area contributed by atoms with Gasteiger partial charge >= 0.3 is 0 Å². The van der Waals surface area contributed by atoms with Crippen molar-refractivity contribution in [2.45, 2.75) is 90.0 Å². The molecule has 0 aromatic heterocycles. The smallest absolute Gasteiger partial charge is 0.00979 e. The highest BCUT2D eigenvalue weighted by molar-refractivity contribution is 4.85. The molecule has 1 heteroatoms. The Hall–Kier alpha value is -0.0400. The van der Waals surface area contributed by atoms with Gasteiger partial charge in [0.15, 0.2) is 0 Å². The van der Waals surface area contributed by atoms with Gasteiger partial charge in [0.25, 0.3) is 0 Å². The zero-order valence-electron chi connectivity index (χ0n) is 12.4. The van der Waals surface area contributed by atoms with Gasteiger partial charge in [-0.05, 0) is 37.6 Å². The molecule has 0 aliphatic heterocycles. The van der Waals surface area contributed by atoms with Crippen LogP contribution in [-0.4, -0.2) is 12.6 Å². The number of rotatable bonds is 4. The summed E-state index contributed by atoms with van der Waals surface area (Å²) < 4.78 is 0. The molecule has 0 amide bonds. The molecule has 0 spiro atoms. The van der Waals surface area contributed by atoms with Crippen LogP contribution in [0.4, 0.5) is 0 Å². The summed E-state index contributed by atoms with van der Waals surface area (Å²) in [6.45, 7) is 3.53. The summed E-state index contributed by atoms with van der Waals surface area (Å²) in [4.78, 5) is 0. The van der Waals surface area contributed by atoms with Gasteiger partial charge in [-0.3, -0.25) is 0 Å². The molecule has 0 saturated heterocycles. The summed E-state index contributed by atoms with van der Waals surface area (Å²) in [5.74, 6) is 2.04. The number of hydrogen-bond donors (Lipinski definition) is 1. The van der Waals surface area contributed by atoms with E-state index in [0.29, 0.717) is 0 Å². The van der Waals surface area contributed by atoms with E-state index in [0.717, 1.165) is 17.9 Å². The first-order chi connectivity index (χ1) is 8.92. The minimum atomic E-state index is 0.843. The maximum absolute atomic E-state index is 3.88. The van der Waals surface area contributed by atoms with Crippen molar-refractivity contribution in [3.8, 4) is 0 Å². The van der Waals surface area contributed by atoms with Gasteiger partial charge in [0, 0.05) is 6.04 Å². The van der Waals surface area contributed by atoms with Crippen LogP contribution in [0.3, 0.4) is 0 Å². The van der Waals surface area contributed by atoms with Gasteiger partial charge < -0.3 is 5.32 Å². The van der Waals surface area contributed by atoms with Crippen molar-refractivity contribution in [1.29, 1.82) is 0 Å². The van der Waals surface area contributed by atoms with Crippen LogP contribution in [0.25, 0.3) is 0 Å². The zero-order chi connectivity index (χ0) is 12.6. The average Bonchev–Trinajstić information content (AvgIpc) is 2.78. The molecule has 2 atom stereocenters. The molecule has 2 aliphatic carbocycles. The van der Waals surface area contributed by atoms with Crippen LogP contribution in [0, 0.1) is 11.8 Å². The van der Waals surface area contributed by atoms with Crippen LogP contribution in [0.1, 0.15) is 84.0 Å². The summed E-state index contributed by atoms with van der Waals surface area (Å²) >= 11 is 0. The molecule has 2 unspecified atom stereocenters. The Bertz CT molecular complexity index is 206. The SMILES string of the molecule is CCCNC1CCCCCC1C1CCCCCC1. The van der Waals surface area contributed by atoms with Gasteiger partial charge in [-0.25, -0.2) is 0 Å². The largest absolute Gasteiger partial charge is 0.314 e. The van der Waals surface area contributed by atoms with E-state index in [9.17, 15) is 0 Å². The van der Waals surface area contributed by atoms with Crippen LogP contribution < -0.4 is 5.32 Å². The monoisotopic (exact) mass is 251 g/mol. The van der Waals surface area contributed by atoms with Crippen LogP contribution in [0.15, 0.2) is 0 Å². The van der Waals surface area contributed by atoms with Crippen molar-refractivity contribution in [3.05, 3.63) is 0 Å². The molecular formula is C17H33N. The van der Waals surface area contributed by atoms with Crippen molar-refractivity contribution in [2.75, 3.05) is 6.54 Å². The lowest BCUT2D eigenvalue weighted by atomic mass is 9.78. The maximum Gasteiger partial charge on any atom is 0.00979 e. The Morgan fingerprint density at radius 3 is 2.11 bits per heavy atom. The third-order valence-electron chi connectivity index (χ3n) is 5.23. The lowest BCUT2D eigenvalue weighted by Gasteiger charge is -2.33. The van der Waals surface area contributed by atoms with Gasteiger partial charge in [0.2, 0.25) is 0 Å². The predicted molar refractivity (Wildman–Crippen MR) is 79.8 cm³/mol. The van der Waals surface area contributed by atoms with Gasteiger partial charge in [0.05, 0.1) is 0 Å². The van der Waals surface area contributed by atoms with Gasteiger partial charge in [-0.1, -0.05) is 64.7 Å². The summed E-state index contributed by atoms with van der Waals surface area (Å²) in [7, 11) is 0. The Labute approximate surface area is 114 Å². The fourth-order valence-electron chi connectivity index (χ4n) is 4.22. The molecule has 2 rings (SSSR count). The second kappa shape index (κ2) is 8.19. The highest BCUT2D eigenvalue weighted by Crippen LogP contribution is 2.36. The molecule has 1 N–H and O–H groups in total. The third-order valence-corrected chi connectivity index (χ3v) is 5.23. The first kappa shape index (κ1) is 14.4. The standard InChI is InChI=1S/C17H33N/c1-2-14-18-17-13-9-5-8-12-16(17)15-10-6-3-4-7-11-15/h15-18H,2-14H2,1H3. The first-order valence-electron chi connectivity index (χ1n) is 8.65. The normalized spacial score (nSPS) is 31.8. The third kappa shape index (κ3) is 4.26. The average molecular weight is 251 g/mol. The molecule has 0 aromatic carbocycles. The molecule has 18 heavy (non-hydrogen) atoms. The van der Waals surface area contributed by atoms with Crippen molar-refractivity contribution in [2.24, 2.45) is 11.8 Å². The second-order valence-corrected chi connectivity index (χ2v) is 6.61. The van der Waals surface area contributed by atoms with Crippen LogP contribution in [0.2, 0.25) is 0 Å². The molecule has 0 bridgehead atoms. The van der Waals surface area contributed by atoms with Crippen molar-refractivity contribution >= 4 is 0 Å². The van der Waals surface area contributed by atoms with Crippen LogP contribution >= 0.6 is 0 Å². The number of hydrogen-bond acceptors (Lipinski definition) is 1. The van der Waals surface area contributed by atoms with Crippen molar-refractivity contribution < 1.29 is 0 Å². The summed E-state index contributed by atoms with van der Waals surface area (Å²) in [6.07, 6.45) is 17.7. The molecule has 106 valence electrons. The van der Waals surface area contributed by atoms with E-state index < -0.39 is 0 Å². The highest BCUT2D eigenvalue weighted by Gasteiger charge is 2.30. The van der Waals surface area contributed by atoms with Gasteiger partial charge in [-0.2, -0.15) is 0 Å². The molecule has 0 aromatic rings. The van der Waals surface area contributed by atoms with E-state index in [-0.39, 0.29) is 0 Å². The summed E-state index contributed by atoms with van der Waals surface area (Å²) in [5, 5.41) is 3.88. The first-order valence-corrected chi connectivity index (χ1v) is 8.65. The molecule has 0 heterocycles. The van der Waals surface area contributed by atoms with E-state index in [2.05, 4.69) is 12.2 Å². The Morgan fingerprint density at radius 1 is 0.778 bits per heavy atom. The molecule has 1 nitrogen and oxygen atoms in total. The van der Waals surface area contributed by atoms with Crippen LogP contribution in [-0.2, 0) is 0 Å². The molecule has 2 fully saturated rings. The van der Waals surface area contributed by atoms with Crippen LogP contribution in [0.5, 0.6) is 0 Å².